The number of aromatic nitrogens is 1. The van der Waals surface area contributed by atoms with Crippen LogP contribution in [0.25, 0.3) is 0 Å². The molecule has 0 amide bonds. The molecule has 0 radical (unpaired) electrons. The van der Waals surface area contributed by atoms with Gasteiger partial charge in [-0.3, -0.25) is 9.59 Å². The van der Waals surface area contributed by atoms with Crippen molar-refractivity contribution in [3.63, 3.8) is 0 Å². The molecule has 0 saturated carbocycles. The Bertz CT molecular complexity index is 1410. The van der Waals surface area contributed by atoms with E-state index in [1.165, 1.54) is 0 Å². The highest BCUT2D eigenvalue weighted by atomic mass is 16.5. The Morgan fingerprint density at radius 1 is 0.951 bits per heavy atom. The van der Waals surface area contributed by atoms with Crippen LogP contribution in [0.3, 0.4) is 0 Å². The fourth-order valence-corrected chi connectivity index (χ4v) is 5.06. The summed E-state index contributed by atoms with van der Waals surface area (Å²) in [7, 11) is 0. The summed E-state index contributed by atoms with van der Waals surface area (Å²) < 4.78 is 11.7. The Morgan fingerprint density at radius 3 is 2.44 bits per heavy atom. The Kier molecular flexibility index (Phi) is 9.08. The number of carboxylic acid groups (broad SMARTS) is 1. The van der Waals surface area contributed by atoms with Gasteiger partial charge in [0.05, 0.1) is 12.2 Å². The Hall–Kier alpha value is -4.46. The summed E-state index contributed by atoms with van der Waals surface area (Å²) in [5.41, 5.74) is 1.90. The van der Waals surface area contributed by atoms with E-state index in [9.17, 15) is 14.4 Å². The Morgan fingerprint density at radius 2 is 1.76 bits per heavy atom. The Balaban J connectivity index is 1.04. The highest BCUT2D eigenvalue weighted by Gasteiger charge is 2.21. The third-order valence-electron chi connectivity index (χ3n) is 7.59. The number of carboxylic acids is 1. The molecule has 1 N–H and O–H groups in total. The van der Waals surface area contributed by atoms with Gasteiger partial charge in [0.25, 0.3) is 0 Å². The molecule has 1 aromatic heterocycles. The van der Waals surface area contributed by atoms with E-state index in [4.69, 9.17) is 14.6 Å². The first-order valence-electron chi connectivity index (χ1n) is 14.1. The maximum Gasteiger partial charge on any atom is 0.335 e. The van der Waals surface area contributed by atoms with E-state index >= 15 is 0 Å². The van der Waals surface area contributed by atoms with Crippen LogP contribution in [-0.2, 0) is 11.2 Å². The molecule has 5 rings (SSSR count). The highest BCUT2D eigenvalue weighted by Crippen LogP contribution is 2.25. The van der Waals surface area contributed by atoms with Gasteiger partial charge in [-0.15, -0.1) is 0 Å². The van der Waals surface area contributed by atoms with Gasteiger partial charge in [0.2, 0.25) is 0 Å². The van der Waals surface area contributed by atoms with E-state index in [1.54, 1.807) is 48.5 Å². The third kappa shape index (κ3) is 7.81. The summed E-state index contributed by atoms with van der Waals surface area (Å²) in [6.45, 7) is 2.32. The third-order valence-corrected chi connectivity index (χ3v) is 7.59. The summed E-state index contributed by atoms with van der Waals surface area (Å²) >= 11 is 0. The topological polar surface area (TPSA) is 106 Å². The zero-order chi connectivity index (χ0) is 28.6. The van der Waals surface area contributed by atoms with Gasteiger partial charge in [0.15, 0.2) is 5.78 Å². The maximum absolute atomic E-state index is 12.7. The number of Topliss-reactive ketones (excluding diaryl/α,β-unsaturated/α-hetero) is 2. The predicted molar refractivity (Wildman–Crippen MR) is 155 cm³/mol. The lowest BCUT2D eigenvalue weighted by molar-refractivity contribution is -0.118. The van der Waals surface area contributed by atoms with E-state index in [0.29, 0.717) is 61.7 Å². The van der Waals surface area contributed by atoms with Crippen LogP contribution in [0.2, 0.25) is 0 Å². The number of hydrogen-bond acceptors (Lipinski definition) is 7. The number of rotatable bonds is 11. The Labute approximate surface area is 239 Å². The smallest absolute Gasteiger partial charge is 0.335 e. The van der Waals surface area contributed by atoms with Crippen LogP contribution in [0.4, 0.5) is 5.82 Å². The highest BCUT2D eigenvalue weighted by molar-refractivity contribution is 5.96. The predicted octanol–water partition coefficient (Wildman–Crippen LogP) is 5.91. The number of ketones is 2. The minimum Gasteiger partial charge on any atom is -0.493 e. The van der Waals surface area contributed by atoms with Crippen molar-refractivity contribution in [2.24, 2.45) is 5.92 Å². The average molecular weight is 555 g/mol. The number of ether oxygens (including phenoxy) is 2. The van der Waals surface area contributed by atoms with E-state index in [0.717, 1.165) is 43.1 Å². The van der Waals surface area contributed by atoms with Gasteiger partial charge in [0.1, 0.15) is 28.9 Å². The minimum absolute atomic E-state index is 0.0714. The molecule has 0 unspecified atom stereocenters. The van der Waals surface area contributed by atoms with Crippen molar-refractivity contribution in [2.45, 2.75) is 44.9 Å². The van der Waals surface area contributed by atoms with E-state index in [2.05, 4.69) is 9.88 Å². The fourth-order valence-electron chi connectivity index (χ4n) is 5.06. The van der Waals surface area contributed by atoms with Crippen LogP contribution in [0, 0.1) is 5.92 Å². The first kappa shape index (κ1) is 28.1. The van der Waals surface area contributed by atoms with Crippen LogP contribution in [-0.4, -0.2) is 47.3 Å². The van der Waals surface area contributed by atoms with Crippen molar-refractivity contribution in [3.05, 3.63) is 95.4 Å². The van der Waals surface area contributed by atoms with E-state index in [1.807, 2.05) is 24.4 Å². The van der Waals surface area contributed by atoms with E-state index in [-0.39, 0.29) is 17.1 Å². The summed E-state index contributed by atoms with van der Waals surface area (Å²) in [4.78, 5) is 42.2. The number of carbonyl (C=O) groups excluding carboxylic acids is 2. The lowest BCUT2D eigenvalue weighted by atomic mass is 9.97. The molecule has 8 nitrogen and oxygen atoms in total. The minimum atomic E-state index is -0.959. The first-order chi connectivity index (χ1) is 19.9. The van der Waals surface area contributed by atoms with Crippen molar-refractivity contribution in [2.75, 3.05) is 24.6 Å². The summed E-state index contributed by atoms with van der Waals surface area (Å²) in [6.07, 6.45) is 8.19. The van der Waals surface area contributed by atoms with Gasteiger partial charge in [-0.2, -0.15) is 0 Å². The average Bonchev–Trinajstić information content (AvgIpc) is 3.01. The zero-order valence-electron chi connectivity index (χ0n) is 23.0. The monoisotopic (exact) mass is 554 g/mol. The largest absolute Gasteiger partial charge is 0.493 e. The second-order valence-corrected chi connectivity index (χ2v) is 10.6. The molecule has 2 aromatic carbocycles. The van der Waals surface area contributed by atoms with Crippen molar-refractivity contribution in [3.8, 4) is 11.5 Å². The zero-order valence-corrected chi connectivity index (χ0v) is 23.0. The maximum atomic E-state index is 12.7. The van der Waals surface area contributed by atoms with E-state index < -0.39 is 5.97 Å². The molecule has 3 aromatic rings. The summed E-state index contributed by atoms with van der Waals surface area (Å²) in [6, 6.07) is 17.8. The van der Waals surface area contributed by atoms with Gasteiger partial charge in [0, 0.05) is 50.5 Å². The standard InChI is InChI=1S/C33H34N2O6/c36-27-8-12-29(13-9-27)41-28-10-6-25(7-11-28)31(37)14-4-23-5-15-32(34-21-23)35-18-16-24(17-19-35)22-40-30-3-1-2-26(20-30)33(38)39/h1-3,5-7,10-12,15,20-21,24H,4,8-9,13-14,16-19,22H2,(H,38,39). The molecule has 0 bridgehead atoms. The number of anilines is 1. The lowest BCUT2D eigenvalue weighted by Gasteiger charge is -2.32. The number of aromatic carboxylic acids is 1. The quantitative estimate of drug-likeness (QED) is 0.292. The second kappa shape index (κ2) is 13.3. The van der Waals surface area contributed by atoms with Crippen molar-refractivity contribution >= 4 is 23.4 Å². The number of pyridine rings is 1. The molecular weight excluding hydrogens is 520 g/mol. The van der Waals surface area contributed by atoms with Crippen molar-refractivity contribution in [1.29, 1.82) is 0 Å². The van der Waals surface area contributed by atoms with Crippen molar-refractivity contribution in [1.82, 2.24) is 4.98 Å². The summed E-state index contributed by atoms with van der Waals surface area (Å²) in [5, 5.41) is 9.14. The van der Waals surface area contributed by atoms with Crippen LogP contribution >= 0.6 is 0 Å². The number of carbonyl (C=O) groups is 3. The molecule has 1 saturated heterocycles. The molecule has 41 heavy (non-hydrogen) atoms. The molecule has 1 aliphatic heterocycles. The number of allylic oxidation sites excluding steroid dienone is 2. The van der Waals surface area contributed by atoms with Gasteiger partial charge in [-0.1, -0.05) is 12.1 Å². The molecule has 0 atom stereocenters. The number of nitrogens with zero attached hydrogens (tertiary/aromatic N) is 2. The fraction of sp³-hybridized carbons (Fsp3) is 0.333. The molecule has 1 fully saturated rings. The van der Waals surface area contributed by atoms with Crippen molar-refractivity contribution < 1.29 is 29.0 Å². The number of hydrogen-bond donors (Lipinski definition) is 1. The lowest BCUT2D eigenvalue weighted by Crippen LogP contribution is -2.36. The molecule has 8 heteroatoms. The number of benzene rings is 2. The van der Waals surface area contributed by atoms with Gasteiger partial charge in [-0.05, 0) is 85.4 Å². The molecule has 212 valence electrons. The molecule has 2 heterocycles. The number of aryl methyl sites for hydroxylation is 1. The first-order valence-corrected chi connectivity index (χ1v) is 14.1. The van der Waals surface area contributed by atoms with Gasteiger partial charge in [-0.25, -0.2) is 9.78 Å². The number of piperidine rings is 1. The second-order valence-electron chi connectivity index (χ2n) is 10.6. The van der Waals surface area contributed by atoms with Crippen LogP contribution in [0.1, 0.15) is 64.8 Å². The molecule has 1 aliphatic carbocycles. The normalized spacial score (nSPS) is 15.8. The van der Waals surface area contributed by atoms with Crippen LogP contribution in [0.15, 0.2) is 78.7 Å². The summed E-state index contributed by atoms with van der Waals surface area (Å²) in [5.74, 6) is 2.74. The molecule has 0 spiro atoms. The van der Waals surface area contributed by atoms with Crippen LogP contribution < -0.4 is 14.4 Å². The van der Waals surface area contributed by atoms with Gasteiger partial charge < -0.3 is 19.5 Å². The molecule has 2 aliphatic rings. The molecular formula is C33H34N2O6. The van der Waals surface area contributed by atoms with Gasteiger partial charge >= 0.3 is 5.97 Å². The van der Waals surface area contributed by atoms with Crippen LogP contribution in [0.5, 0.6) is 11.5 Å². The SMILES string of the molecule is O=C1CC=C(Oc2ccc(C(=O)CCc3ccc(N4CCC(COc5cccc(C(=O)O)c5)CC4)nc3)cc2)CC1.